The summed E-state index contributed by atoms with van der Waals surface area (Å²) in [6.07, 6.45) is 3.65. The van der Waals surface area contributed by atoms with Crippen LogP contribution in [0.25, 0.3) is 0 Å². The van der Waals surface area contributed by atoms with E-state index in [4.69, 9.17) is 14.1 Å². The number of nitrogens with one attached hydrogen (secondary N) is 2. The van der Waals surface area contributed by atoms with Gasteiger partial charge in [-0.05, 0) is 50.1 Å². The molecule has 30 heavy (non-hydrogen) atoms. The maximum atomic E-state index is 5.48. The number of aryl methyl sites for hydroxylation is 1. The Morgan fingerprint density at radius 2 is 2.07 bits per heavy atom. The first-order chi connectivity index (χ1) is 14.2. The minimum absolute atomic E-state index is 0. The number of likely N-dealkylation sites (N-methyl/N-ethyl adjacent to an activating group) is 1. The van der Waals surface area contributed by atoms with Crippen LogP contribution in [0.5, 0.6) is 0 Å². The van der Waals surface area contributed by atoms with Gasteiger partial charge in [-0.25, -0.2) is 0 Å². The summed E-state index contributed by atoms with van der Waals surface area (Å²) in [4.78, 5) is 7.18. The summed E-state index contributed by atoms with van der Waals surface area (Å²) in [6.45, 7) is 10.3. The first-order valence-corrected chi connectivity index (χ1v) is 10.7. The Hall–Kier alpha value is -1.74. The van der Waals surface area contributed by atoms with Gasteiger partial charge in [0.2, 0.25) is 0 Å². The highest BCUT2D eigenvalue weighted by Crippen LogP contribution is 2.15. The topological polar surface area (TPSA) is 62.0 Å². The number of anilines is 1. The molecule has 0 bridgehead atoms. The number of hydrogen-bond acceptors (Lipinski definition) is 4. The van der Waals surface area contributed by atoms with E-state index in [-0.39, 0.29) is 24.0 Å². The SMILES string of the molecule is CCN(CCNC(=NCC1CCOC1)NCCc1ccco1)c1cccc(C)c1.I. The highest BCUT2D eigenvalue weighted by atomic mass is 127. The predicted molar refractivity (Wildman–Crippen MR) is 134 cm³/mol. The summed E-state index contributed by atoms with van der Waals surface area (Å²) in [7, 11) is 0. The van der Waals surface area contributed by atoms with Crippen LogP contribution in [0.4, 0.5) is 5.69 Å². The van der Waals surface area contributed by atoms with E-state index in [0.717, 1.165) is 70.5 Å². The van der Waals surface area contributed by atoms with Gasteiger partial charge in [-0.1, -0.05) is 12.1 Å². The lowest BCUT2D eigenvalue weighted by atomic mass is 10.1. The van der Waals surface area contributed by atoms with E-state index >= 15 is 0 Å². The lowest BCUT2D eigenvalue weighted by Crippen LogP contribution is -2.42. The first-order valence-electron chi connectivity index (χ1n) is 10.7. The molecule has 2 aromatic rings. The van der Waals surface area contributed by atoms with Crippen molar-refractivity contribution in [1.82, 2.24) is 10.6 Å². The van der Waals surface area contributed by atoms with Gasteiger partial charge in [-0.2, -0.15) is 0 Å². The maximum absolute atomic E-state index is 5.48. The fraction of sp³-hybridized carbons (Fsp3) is 0.522. The summed E-state index contributed by atoms with van der Waals surface area (Å²) in [5, 5.41) is 6.94. The highest BCUT2D eigenvalue weighted by Gasteiger charge is 2.15. The number of guanidine groups is 1. The molecule has 2 heterocycles. The van der Waals surface area contributed by atoms with E-state index in [9.17, 15) is 0 Å². The largest absolute Gasteiger partial charge is 0.469 e. The molecule has 2 N–H and O–H groups in total. The quantitative estimate of drug-likeness (QED) is 0.280. The molecule has 0 spiro atoms. The van der Waals surface area contributed by atoms with Crippen LogP contribution in [0, 0.1) is 12.8 Å². The van der Waals surface area contributed by atoms with Crippen molar-refractivity contribution in [3.63, 3.8) is 0 Å². The van der Waals surface area contributed by atoms with E-state index < -0.39 is 0 Å². The number of benzene rings is 1. The molecule has 1 fully saturated rings. The summed E-state index contributed by atoms with van der Waals surface area (Å²) in [5.74, 6) is 2.37. The molecule has 0 saturated carbocycles. The van der Waals surface area contributed by atoms with Crippen molar-refractivity contribution in [2.75, 3.05) is 50.8 Å². The Labute approximate surface area is 197 Å². The fourth-order valence-corrected chi connectivity index (χ4v) is 3.48. The van der Waals surface area contributed by atoms with Gasteiger partial charge in [0, 0.05) is 57.4 Å². The summed E-state index contributed by atoms with van der Waals surface area (Å²) in [6, 6.07) is 12.6. The number of furan rings is 1. The molecule has 1 aliphatic heterocycles. The molecule has 1 unspecified atom stereocenters. The molecule has 7 heteroatoms. The van der Waals surface area contributed by atoms with Crippen molar-refractivity contribution in [1.29, 1.82) is 0 Å². The van der Waals surface area contributed by atoms with E-state index in [1.807, 2.05) is 12.1 Å². The third-order valence-corrected chi connectivity index (χ3v) is 5.20. The van der Waals surface area contributed by atoms with E-state index in [2.05, 4.69) is 53.6 Å². The molecule has 1 saturated heterocycles. The van der Waals surface area contributed by atoms with Gasteiger partial charge >= 0.3 is 0 Å². The minimum atomic E-state index is 0. The molecule has 1 aliphatic rings. The Balaban J connectivity index is 0.00000320. The number of nitrogens with zero attached hydrogens (tertiary/aromatic N) is 2. The van der Waals surface area contributed by atoms with Crippen molar-refractivity contribution in [3.05, 3.63) is 54.0 Å². The van der Waals surface area contributed by atoms with Gasteiger partial charge < -0.3 is 24.7 Å². The van der Waals surface area contributed by atoms with Crippen LogP contribution < -0.4 is 15.5 Å². The van der Waals surface area contributed by atoms with Gasteiger partial charge in [0.05, 0.1) is 12.9 Å². The monoisotopic (exact) mass is 526 g/mol. The molecule has 3 rings (SSSR count). The molecule has 6 nitrogen and oxygen atoms in total. The van der Waals surface area contributed by atoms with E-state index in [0.29, 0.717) is 5.92 Å². The van der Waals surface area contributed by atoms with Gasteiger partial charge in [0.25, 0.3) is 0 Å². The smallest absolute Gasteiger partial charge is 0.191 e. The minimum Gasteiger partial charge on any atom is -0.469 e. The van der Waals surface area contributed by atoms with Gasteiger partial charge in [0.1, 0.15) is 5.76 Å². The Bertz CT molecular complexity index is 745. The van der Waals surface area contributed by atoms with Crippen molar-refractivity contribution in [2.45, 2.75) is 26.7 Å². The molecule has 0 aliphatic carbocycles. The van der Waals surface area contributed by atoms with Crippen LogP contribution in [-0.2, 0) is 11.2 Å². The Kier molecular flexibility index (Phi) is 11.1. The number of hydrogen-bond donors (Lipinski definition) is 2. The number of ether oxygens (including phenoxy) is 1. The second-order valence-electron chi connectivity index (χ2n) is 7.52. The zero-order valence-electron chi connectivity index (χ0n) is 18.1. The lowest BCUT2D eigenvalue weighted by molar-refractivity contribution is 0.187. The van der Waals surface area contributed by atoms with Gasteiger partial charge in [0.15, 0.2) is 5.96 Å². The fourth-order valence-electron chi connectivity index (χ4n) is 3.48. The molecule has 1 atom stereocenters. The van der Waals surface area contributed by atoms with Crippen LogP contribution in [0.2, 0.25) is 0 Å². The van der Waals surface area contributed by atoms with Gasteiger partial charge in [-0.3, -0.25) is 4.99 Å². The Morgan fingerprint density at radius 3 is 2.77 bits per heavy atom. The van der Waals surface area contributed by atoms with E-state index in [1.54, 1.807) is 6.26 Å². The van der Waals surface area contributed by atoms with Crippen LogP contribution in [0.1, 0.15) is 24.7 Å². The van der Waals surface area contributed by atoms with Gasteiger partial charge in [-0.15, -0.1) is 24.0 Å². The van der Waals surface area contributed by atoms with Crippen molar-refractivity contribution < 1.29 is 9.15 Å². The highest BCUT2D eigenvalue weighted by molar-refractivity contribution is 14.0. The number of rotatable bonds is 10. The normalized spacial score (nSPS) is 16.2. The number of halogens is 1. The van der Waals surface area contributed by atoms with Crippen LogP contribution in [0.15, 0.2) is 52.1 Å². The molecule has 1 aromatic heterocycles. The summed E-state index contributed by atoms with van der Waals surface area (Å²) in [5.41, 5.74) is 2.55. The standard InChI is InChI=1S/C23H34N4O2.HI/c1-3-27(21-7-4-6-19(2)16-21)13-12-25-23(26-17-20-10-15-28-18-20)24-11-9-22-8-5-14-29-22;/h4-8,14,16,20H,3,9-13,15,17-18H2,1-2H3,(H2,24,25,26);1H. The second-order valence-corrected chi connectivity index (χ2v) is 7.52. The van der Waals surface area contributed by atoms with Crippen LogP contribution in [0.3, 0.4) is 0 Å². The Morgan fingerprint density at radius 1 is 1.20 bits per heavy atom. The number of aliphatic imine (C=N–C) groups is 1. The third-order valence-electron chi connectivity index (χ3n) is 5.20. The first kappa shape index (κ1) is 24.5. The maximum Gasteiger partial charge on any atom is 0.191 e. The molecule has 0 amide bonds. The summed E-state index contributed by atoms with van der Waals surface area (Å²) >= 11 is 0. The molecule has 166 valence electrons. The second kappa shape index (κ2) is 13.5. The zero-order valence-corrected chi connectivity index (χ0v) is 20.4. The zero-order chi connectivity index (χ0) is 20.3. The lowest BCUT2D eigenvalue weighted by Gasteiger charge is -2.24. The van der Waals surface area contributed by atoms with Crippen molar-refractivity contribution >= 4 is 35.6 Å². The van der Waals surface area contributed by atoms with Crippen molar-refractivity contribution in [2.24, 2.45) is 10.9 Å². The molecular weight excluding hydrogens is 491 g/mol. The van der Waals surface area contributed by atoms with Crippen molar-refractivity contribution in [3.8, 4) is 0 Å². The molecular formula is C23H35IN4O2. The van der Waals surface area contributed by atoms with Crippen LogP contribution >= 0.6 is 24.0 Å². The molecule has 0 radical (unpaired) electrons. The van der Waals surface area contributed by atoms with E-state index in [1.165, 1.54) is 11.3 Å². The average Bonchev–Trinajstić information content (AvgIpc) is 3.43. The summed E-state index contributed by atoms with van der Waals surface area (Å²) < 4.78 is 10.9. The van der Waals surface area contributed by atoms with Crippen LogP contribution in [-0.4, -0.2) is 51.9 Å². The average molecular weight is 526 g/mol. The molecule has 1 aromatic carbocycles. The predicted octanol–water partition coefficient (Wildman–Crippen LogP) is 3.85. The third kappa shape index (κ3) is 8.18.